The molecule has 9 heterocycles. The van der Waals surface area contributed by atoms with Crippen LogP contribution in [0.4, 0.5) is 29.5 Å². The molecule has 5 aliphatic rings. The van der Waals surface area contributed by atoms with Crippen LogP contribution in [0.2, 0.25) is 0 Å². The maximum absolute atomic E-state index is 13.0. The smallest absolute Gasteiger partial charge is 0.338 e. The topological polar surface area (TPSA) is 466 Å². The number of thiazole rings is 1. The third-order valence-corrected chi connectivity index (χ3v) is 17.3. The van der Waals surface area contributed by atoms with Crippen LogP contribution < -0.4 is 48.6 Å². The highest BCUT2D eigenvalue weighted by Crippen LogP contribution is 2.50. The zero-order valence-corrected chi connectivity index (χ0v) is 46.4. The van der Waals surface area contributed by atoms with Crippen LogP contribution in [0.3, 0.4) is 0 Å². The SMILES string of the molecule is C=C1Sc2c(nc(N)[nH]c2=O)N1[C@@H]1O[C@H](CO)[C@@](C)(CO)[C@H]1O.C=C1Sc2c(nc(N)[nH]c2=O)N1[C@@H]1O[C@H](CO)[C@@](C)(O)[C@H]1O.C[C@@]1(O)[C@@H](COC(=O)c2ccccc2)O[C@@H](n2c(=O)sc3c(=O)[nH]c(N)nc32)[C@@H]1OC(=O)c1ccccc1. The van der Waals surface area contributed by atoms with Gasteiger partial charge >= 0.3 is 16.8 Å². The lowest BCUT2D eigenvalue weighted by atomic mass is 9.81. The van der Waals surface area contributed by atoms with Crippen molar-refractivity contribution in [2.45, 2.75) is 97.1 Å². The molecule has 16 N–H and O–H groups in total. The fourth-order valence-electron chi connectivity index (χ4n) is 9.56. The van der Waals surface area contributed by atoms with Gasteiger partial charge in [-0.05, 0) is 38.1 Å². The first kappa shape index (κ1) is 60.1. The van der Waals surface area contributed by atoms with Crippen molar-refractivity contribution in [3.8, 4) is 0 Å². The highest BCUT2D eigenvalue weighted by Gasteiger charge is 2.59. The molecule has 11 rings (SSSR count). The predicted molar refractivity (Wildman–Crippen MR) is 299 cm³/mol. The van der Waals surface area contributed by atoms with Crippen LogP contribution in [0.25, 0.3) is 10.3 Å². The molecule has 0 bridgehead atoms. The first-order valence-corrected chi connectivity index (χ1v) is 27.3. The number of nitrogen functional groups attached to an aromatic ring is 3. The lowest BCUT2D eigenvalue weighted by molar-refractivity contribution is -0.0873. The minimum Gasteiger partial charge on any atom is -0.459 e. The summed E-state index contributed by atoms with van der Waals surface area (Å²) in [7, 11) is 0. The Bertz CT molecular complexity index is 3730. The number of H-pyrrole nitrogens is 3. The number of nitrogens with one attached hydrogen (secondary N) is 3. The standard InChI is InChI=1S/C25H22N4O8S.C13H18N4O5S.C12H16N4O5S/c1-25(34)15(12-35-21(31)13-8-4-2-5-9-13)36-20(17(25)37-22(32)14-10-6-3-7-11-14)29-18-16(38-24(29)33)19(30)28-23(26)27-18;1-5-17(9-7(23-5)10(21)16-12(14)15-9)11-8(20)13(2,4-19)6(3-18)22-11;1-4-16(8-6(22-4)9(19)15-11(13)14-8)10-7(18)12(2,20)5(3-17)21-10/h2-11,15,17,20,34H,12H2,1H3,(H3,26,27,28,30);6,8,11,18-20H,1,3-4H2,2H3,(H3,14,15,16,21);5,7,10,17-18,20H,1,3H2,2H3,(H3,13,14,15,19)/t15-,17+,20-,25-;6-,8+,11-,13-;5-,7+,10-,12-/m111/s1. The number of aromatic amines is 3. The number of esters is 2. The number of anilines is 5. The summed E-state index contributed by atoms with van der Waals surface area (Å²) in [5.41, 5.74) is 11.1. The van der Waals surface area contributed by atoms with Gasteiger partial charge in [-0.1, -0.05) is 91.3 Å². The number of aliphatic hydroxyl groups excluding tert-OH is 5. The summed E-state index contributed by atoms with van der Waals surface area (Å²) in [4.78, 5) is 96.9. The van der Waals surface area contributed by atoms with Crippen molar-refractivity contribution in [2.24, 2.45) is 5.41 Å². The Morgan fingerprint density at radius 1 is 0.663 bits per heavy atom. The molecule has 3 fully saturated rings. The van der Waals surface area contributed by atoms with E-state index in [9.17, 15) is 64.5 Å². The number of ether oxygens (including phenoxy) is 5. The summed E-state index contributed by atoms with van der Waals surface area (Å²) in [6.45, 7) is 10.4. The lowest BCUT2D eigenvalue weighted by Crippen LogP contribution is -2.49. The molecule has 5 aliphatic heterocycles. The van der Waals surface area contributed by atoms with E-state index >= 15 is 0 Å². The lowest BCUT2D eigenvalue weighted by Gasteiger charge is -2.31. The van der Waals surface area contributed by atoms with Gasteiger partial charge in [0.1, 0.15) is 56.7 Å². The summed E-state index contributed by atoms with van der Waals surface area (Å²) < 4.78 is 29.3. The van der Waals surface area contributed by atoms with Crippen molar-refractivity contribution in [2.75, 3.05) is 53.4 Å². The number of hydrogen-bond acceptors (Lipinski definition) is 29. The maximum Gasteiger partial charge on any atom is 0.338 e. The molecule has 0 amide bonds. The van der Waals surface area contributed by atoms with E-state index in [1.807, 2.05) is 0 Å². The van der Waals surface area contributed by atoms with E-state index in [1.165, 1.54) is 35.8 Å². The Hall–Kier alpha value is -7.51. The predicted octanol–water partition coefficient (Wildman–Crippen LogP) is -1.16. The molecule has 0 saturated carbocycles. The molecule has 2 aromatic carbocycles. The zero-order valence-electron chi connectivity index (χ0n) is 44.0. The molecule has 442 valence electrons. The van der Waals surface area contributed by atoms with Crippen molar-refractivity contribution in [3.63, 3.8) is 0 Å². The van der Waals surface area contributed by atoms with E-state index in [0.717, 1.165) is 28.1 Å². The highest BCUT2D eigenvalue weighted by atomic mass is 32.2. The third-order valence-electron chi connectivity index (χ3n) is 14.3. The molecular weight excluding hydrogens is 1150 g/mol. The number of aromatic nitrogens is 7. The number of hydrogen-bond donors (Lipinski definition) is 13. The summed E-state index contributed by atoms with van der Waals surface area (Å²) in [5, 5.41) is 72.0. The van der Waals surface area contributed by atoms with E-state index in [2.05, 4.69) is 43.1 Å². The Morgan fingerprint density at radius 2 is 1.13 bits per heavy atom. The molecule has 33 heteroatoms. The van der Waals surface area contributed by atoms with Gasteiger partial charge in [-0.25, -0.2) is 9.59 Å². The van der Waals surface area contributed by atoms with Gasteiger partial charge in [-0.15, -0.1) is 0 Å². The van der Waals surface area contributed by atoms with E-state index in [1.54, 1.807) is 55.5 Å². The molecule has 12 atom stereocenters. The Labute approximate surface area is 479 Å². The summed E-state index contributed by atoms with van der Waals surface area (Å²) in [6, 6.07) is 16.2. The second kappa shape index (κ2) is 23.3. The number of carbonyl (C=O) groups is 2. The molecule has 0 radical (unpaired) electrons. The summed E-state index contributed by atoms with van der Waals surface area (Å²) in [6.07, 6.45) is -10.3. The number of carbonyl (C=O) groups excluding carboxylic acids is 2. The fourth-order valence-corrected chi connectivity index (χ4v) is 12.2. The number of fused-ring (bicyclic) bond motifs is 3. The van der Waals surface area contributed by atoms with E-state index in [-0.39, 0.29) is 69.1 Å². The molecule has 6 aromatic rings. The second-order valence-corrected chi connectivity index (χ2v) is 23.0. The van der Waals surface area contributed by atoms with Crippen molar-refractivity contribution >= 4 is 86.6 Å². The molecule has 0 unspecified atom stereocenters. The quantitative estimate of drug-likeness (QED) is 0.0680. The Kier molecular flexibility index (Phi) is 16.8. The van der Waals surface area contributed by atoms with Crippen molar-refractivity contribution < 1.29 is 69.0 Å². The average Bonchev–Trinajstić information content (AvgIpc) is 4.45. The van der Waals surface area contributed by atoms with Crippen LogP contribution in [0.15, 0.2) is 113 Å². The van der Waals surface area contributed by atoms with Crippen LogP contribution in [-0.2, 0) is 23.7 Å². The minimum atomic E-state index is -1.94. The van der Waals surface area contributed by atoms with Gasteiger partial charge in [0.15, 0.2) is 42.1 Å². The third kappa shape index (κ3) is 11.0. The second-order valence-electron chi connectivity index (χ2n) is 19.9. The molecule has 30 nitrogen and oxygen atoms in total. The van der Waals surface area contributed by atoms with Crippen LogP contribution in [0.5, 0.6) is 0 Å². The maximum atomic E-state index is 13.0. The van der Waals surface area contributed by atoms with Gasteiger partial charge in [0.2, 0.25) is 17.8 Å². The van der Waals surface area contributed by atoms with Gasteiger partial charge in [-0.3, -0.25) is 48.5 Å². The highest BCUT2D eigenvalue weighted by molar-refractivity contribution is 8.04. The largest absolute Gasteiger partial charge is 0.459 e. The first-order valence-electron chi connectivity index (χ1n) is 24.9. The summed E-state index contributed by atoms with van der Waals surface area (Å²) in [5.74, 6) is -1.40. The van der Waals surface area contributed by atoms with Gasteiger partial charge in [-0.2, -0.15) is 15.0 Å². The normalized spacial score (nSPS) is 28.8. The molecule has 0 aliphatic carbocycles. The number of thioether (sulfide) groups is 2. The van der Waals surface area contributed by atoms with Gasteiger partial charge in [0.05, 0.1) is 47.1 Å². The van der Waals surface area contributed by atoms with Crippen LogP contribution >= 0.6 is 34.9 Å². The number of nitrogens with zero attached hydrogens (tertiary/aromatic N) is 6. The number of benzene rings is 2. The monoisotopic (exact) mass is 1210 g/mol. The molecule has 83 heavy (non-hydrogen) atoms. The van der Waals surface area contributed by atoms with Gasteiger partial charge < -0.3 is 76.6 Å². The van der Waals surface area contributed by atoms with Gasteiger partial charge in [0, 0.05) is 5.41 Å². The average molecular weight is 1210 g/mol. The number of rotatable bonds is 11. The van der Waals surface area contributed by atoms with Crippen molar-refractivity contribution in [3.05, 3.63) is 136 Å². The summed E-state index contributed by atoms with van der Waals surface area (Å²) >= 11 is 2.75. The fraction of sp³-hybridized carbons (Fsp3) is 0.380. The van der Waals surface area contributed by atoms with E-state index in [4.69, 9.17) is 40.9 Å². The van der Waals surface area contributed by atoms with Gasteiger partial charge in [0.25, 0.3) is 16.7 Å². The molecular formula is C50H56N12O18S3. The molecule has 0 spiro atoms. The minimum absolute atomic E-state index is 0.0282. The van der Waals surface area contributed by atoms with E-state index in [0.29, 0.717) is 26.3 Å². The van der Waals surface area contributed by atoms with Crippen molar-refractivity contribution in [1.82, 2.24) is 34.5 Å². The molecule has 4 aromatic heterocycles. The number of aliphatic hydroxyl groups is 7. The molecule has 3 saturated heterocycles. The number of nitrogens with two attached hydrogens (primary N) is 3. The van der Waals surface area contributed by atoms with E-state index < -0.39 is 119 Å². The van der Waals surface area contributed by atoms with Crippen LogP contribution in [0.1, 0.15) is 47.7 Å². The van der Waals surface area contributed by atoms with Crippen LogP contribution in [0, 0.1) is 5.41 Å². The van der Waals surface area contributed by atoms with Crippen LogP contribution in [-0.4, -0.2) is 169 Å². The van der Waals surface area contributed by atoms with Crippen molar-refractivity contribution in [1.29, 1.82) is 0 Å². The zero-order chi connectivity index (χ0) is 60.2. The Morgan fingerprint density at radius 3 is 1.63 bits per heavy atom. The Balaban J connectivity index is 0.000000159. The first-order chi connectivity index (χ1) is 39.3.